The van der Waals surface area contributed by atoms with Gasteiger partial charge in [0.25, 0.3) is 5.91 Å². The van der Waals surface area contributed by atoms with E-state index in [1.54, 1.807) is 43.4 Å². The molecule has 7 heteroatoms. The summed E-state index contributed by atoms with van der Waals surface area (Å²) in [5.41, 5.74) is 2.69. The molecule has 33 heavy (non-hydrogen) atoms. The Labute approximate surface area is 192 Å². The van der Waals surface area contributed by atoms with Gasteiger partial charge in [0.05, 0.1) is 12.6 Å². The minimum absolute atomic E-state index is 0.0807. The van der Waals surface area contributed by atoms with Crippen molar-refractivity contribution in [1.29, 1.82) is 0 Å². The van der Waals surface area contributed by atoms with E-state index in [0.29, 0.717) is 16.7 Å². The number of aromatic nitrogens is 1. The lowest BCUT2D eigenvalue weighted by molar-refractivity contribution is 0.0783. The average Bonchev–Trinajstić information content (AvgIpc) is 3.29. The lowest BCUT2D eigenvalue weighted by atomic mass is 10.0. The van der Waals surface area contributed by atoms with Crippen LogP contribution in [0, 0.1) is 11.8 Å². The van der Waals surface area contributed by atoms with Crippen molar-refractivity contribution in [2.45, 2.75) is 44.0 Å². The van der Waals surface area contributed by atoms with Crippen LogP contribution in [0.25, 0.3) is 0 Å². The fraction of sp³-hybridized carbons (Fsp3) is 0.308. The number of rotatable bonds is 7. The molecule has 1 saturated heterocycles. The van der Waals surface area contributed by atoms with E-state index in [-0.39, 0.29) is 30.4 Å². The number of aliphatic hydroxyl groups is 1. The molecule has 2 N–H and O–H groups in total. The highest BCUT2D eigenvalue weighted by molar-refractivity contribution is 5.94. The normalized spacial score (nSPS) is 18.8. The van der Waals surface area contributed by atoms with Gasteiger partial charge in [-0.15, -0.1) is 0 Å². The first-order valence-electron chi connectivity index (χ1n) is 11.0. The molecule has 3 atom stereocenters. The highest BCUT2D eigenvalue weighted by Crippen LogP contribution is 2.27. The first-order valence-corrected chi connectivity index (χ1v) is 11.0. The Morgan fingerprint density at radius 2 is 1.85 bits per heavy atom. The summed E-state index contributed by atoms with van der Waals surface area (Å²) in [4.78, 5) is 17.8. The van der Waals surface area contributed by atoms with E-state index < -0.39 is 12.1 Å². The highest BCUT2D eigenvalue weighted by atomic mass is 19.1. The van der Waals surface area contributed by atoms with E-state index in [1.165, 1.54) is 23.2 Å². The Morgan fingerprint density at radius 3 is 2.55 bits per heavy atom. The largest absolute Gasteiger partial charge is 0.387 e. The molecule has 3 aromatic rings. The van der Waals surface area contributed by atoms with Gasteiger partial charge in [-0.25, -0.2) is 9.37 Å². The van der Waals surface area contributed by atoms with E-state index >= 15 is 0 Å². The molecule has 172 valence electrons. The van der Waals surface area contributed by atoms with Gasteiger partial charge in [0.2, 0.25) is 5.95 Å². The predicted molar refractivity (Wildman–Crippen MR) is 121 cm³/mol. The van der Waals surface area contributed by atoms with Gasteiger partial charge in [-0.2, -0.15) is 4.39 Å². The number of nitrogens with one attached hydrogen (secondary N) is 1. The predicted octanol–water partition coefficient (Wildman–Crippen LogP) is 4.03. The number of carbonyl (C=O) groups is 1. The summed E-state index contributed by atoms with van der Waals surface area (Å²) in [5.74, 6) is -1.08. The van der Waals surface area contributed by atoms with Crippen molar-refractivity contribution in [2.24, 2.45) is 0 Å². The van der Waals surface area contributed by atoms with E-state index in [9.17, 15) is 18.7 Å². The Balaban J connectivity index is 1.32. The van der Waals surface area contributed by atoms with E-state index in [1.807, 2.05) is 12.1 Å². The van der Waals surface area contributed by atoms with Gasteiger partial charge < -0.3 is 15.3 Å². The zero-order valence-electron chi connectivity index (χ0n) is 18.4. The molecule has 0 radical (unpaired) electrons. The quantitative estimate of drug-likeness (QED) is 0.533. The van der Waals surface area contributed by atoms with Gasteiger partial charge in [0.1, 0.15) is 5.82 Å². The van der Waals surface area contributed by atoms with Crippen molar-refractivity contribution < 1.29 is 18.7 Å². The van der Waals surface area contributed by atoms with Crippen molar-refractivity contribution in [1.82, 2.24) is 15.2 Å². The van der Waals surface area contributed by atoms with Crippen LogP contribution in [0.2, 0.25) is 0 Å². The van der Waals surface area contributed by atoms with Crippen molar-refractivity contribution in [2.75, 3.05) is 7.05 Å². The lowest BCUT2D eigenvalue weighted by Gasteiger charge is -2.21. The molecule has 2 aromatic carbocycles. The zero-order chi connectivity index (χ0) is 23.4. The van der Waals surface area contributed by atoms with Crippen molar-refractivity contribution in [3.05, 3.63) is 101 Å². The first kappa shape index (κ1) is 23.0. The fourth-order valence-electron chi connectivity index (χ4n) is 4.31. The molecule has 5 nitrogen and oxygen atoms in total. The molecule has 0 saturated carbocycles. The number of hydrogen-bond donors (Lipinski definition) is 2. The first-order chi connectivity index (χ1) is 15.9. The summed E-state index contributed by atoms with van der Waals surface area (Å²) in [7, 11) is 1.64. The molecule has 0 unspecified atom stereocenters. The third kappa shape index (κ3) is 5.61. The summed E-state index contributed by atoms with van der Waals surface area (Å²) in [6, 6.07) is 16.8. The van der Waals surface area contributed by atoms with Gasteiger partial charge in [-0.3, -0.25) is 4.79 Å². The topological polar surface area (TPSA) is 65.5 Å². The minimum atomic E-state index is -0.684. The van der Waals surface area contributed by atoms with Gasteiger partial charge >= 0.3 is 0 Å². The molecule has 1 aliphatic rings. The Kier molecular flexibility index (Phi) is 7.11. The van der Waals surface area contributed by atoms with Crippen molar-refractivity contribution in [3.8, 4) is 0 Å². The van der Waals surface area contributed by atoms with Crippen molar-refractivity contribution >= 4 is 5.91 Å². The Morgan fingerprint density at radius 1 is 1.12 bits per heavy atom. The fourth-order valence-corrected chi connectivity index (χ4v) is 4.31. The molecule has 1 amide bonds. The molecule has 0 aliphatic carbocycles. The van der Waals surface area contributed by atoms with Crippen LogP contribution in [0.1, 0.15) is 46.0 Å². The van der Waals surface area contributed by atoms with Crippen LogP contribution in [0.3, 0.4) is 0 Å². The number of nitrogens with zero attached hydrogens (tertiary/aromatic N) is 2. The van der Waals surface area contributed by atoms with E-state index in [0.717, 1.165) is 24.8 Å². The number of aliphatic hydroxyl groups excluding tert-OH is 1. The number of benzene rings is 2. The smallest absolute Gasteiger partial charge is 0.253 e. The molecule has 0 spiro atoms. The van der Waals surface area contributed by atoms with Crippen LogP contribution in [-0.4, -0.2) is 40.0 Å². The standard InChI is InChI=1S/C26H27F2N3O2/c1-31(16-20-3-2-14-29-25(20)28)26(33)19-6-4-17(5-7-19)15-22-12-13-23(30-22)24(32)18-8-10-21(27)11-9-18/h2-11,14,22-24,30,32H,12-13,15-16H2,1H3/t22-,23+,24+/m0/s1. The van der Waals surface area contributed by atoms with Crippen LogP contribution >= 0.6 is 0 Å². The van der Waals surface area contributed by atoms with Crippen LogP contribution in [-0.2, 0) is 13.0 Å². The zero-order valence-corrected chi connectivity index (χ0v) is 18.4. The molecular weight excluding hydrogens is 424 g/mol. The molecule has 0 bridgehead atoms. The molecule has 1 aliphatic heterocycles. The molecule has 1 fully saturated rings. The minimum Gasteiger partial charge on any atom is -0.387 e. The summed E-state index contributed by atoms with van der Waals surface area (Å²) in [6.07, 6.45) is 3.22. The SMILES string of the molecule is CN(Cc1cccnc1F)C(=O)c1ccc(C[C@@H]2CC[C@H]([C@H](O)c3ccc(F)cc3)N2)cc1. The monoisotopic (exact) mass is 451 g/mol. The van der Waals surface area contributed by atoms with Gasteiger partial charge in [-0.05, 0) is 60.7 Å². The van der Waals surface area contributed by atoms with E-state index in [4.69, 9.17) is 0 Å². The number of hydrogen-bond acceptors (Lipinski definition) is 4. The number of amides is 1. The highest BCUT2D eigenvalue weighted by Gasteiger charge is 2.30. The molecule has 2 heterocycles. The Hall–Kier alpha value is -3.16. The second-order valence-corrected chi connectivity index (χ2v) is 8.56. The molecule has 1 aromatic heterocycles. The second-order valence-electron chi connectivity index (χ2n) is 8.56. The van der Waals surface area contributed by atoms with Gasteiger partial charge in [0.15, 0.2) is 0 Å². The molecule has 4 rings (SSSR count). The summed E-state index contributed by atoms with van der Waals surface area (Å²) in [6.45, 7) is 0.143. The van der Waals surface area contributed by atoms with Crippen molar-refractivity contribution in [3.63, 3.8) is 0 Å². The maximum Gasteiger partial charge on any atom is 0.253 e. The third-order valence-corrected chi connectivity index (χ3v) is 6.14. The maximum atomic E-state index is 13.8. The third-order valence-electron chi connectivity index (χ3n) is 6.14. The average molecular weight is 452 g/mol. The molecular formula is C26H27F2N3O2. The van der Waals surface area contributed by atoms with Gasteiger partial charge in [-0.1, -0.05) is 30.3 Å². The van der Waals surface area contributed by atoms with Crippen LogP contribution in [0.5, 0.6) is 0 Å². The van der Waals surface area contributed by atoms with E-state index in [2.05, 4.69) is 10.3 Å². The van der Waals surface area contributed by atoms with Gasteiger partial charge in [0, 0.05) is 36.5 Å². The number of pyridine rings is 1. The summed E-state index contributed by atoms with van der Waals surface area (Å²) in [5, 5.41) is 14.1. The Bertz CT molecular complexity index is 1090. The summed E-state index contributed by atoms with van der Waals surface area (Å²) < 4.78 is 26.9. The lowest BCUT2D eigenvalue weighted by Crippen LogP contribution is -2.35. The second kappa shape index (κ2) is 10.2. The maximum absolute atomic E-state index is 13.8. The number of carbonyl (C=O) groups excluding carboxylic acids is 1. The van der Waals surface area contributed by atoms with Crippen LogP contribution in [0.15, 0.2) is 66.9 Å². The van der Waals surface area contributed by atoms with Crippen LogP contribution in [0.4, 0.5) is 8.78 Å². The van der Waals surface area contributed by atoms with Crippen LogP contribution < -0.4 is 5.32 Å². The number of halogens is 2. The summed E-state index contributed by atoms with van der Waals surface area (Å²) >= 11 is 0.